The largest absolute Gasteiger partial charge is 0.319 e. The van der Waals surface area contributed by atoms with Gasteiger partial charge in [0.05, 0.1) is 6.54 Å². The van der Waals surface area contributed by atoms with Crippen molar-refractivity contribution in [2.75, 3.05) is 13.6 Å². The topological polar surface area (TPSA) is 71.7 Å². The zero-order valence-electron chi connectivity index (χ0n) is 14.0. The van der Waals surface area contributed by atoms with E-state index in [0.717, 1.165) is 21.2 Å². The Morgan fingerprint density at radius 1 is 1.12 bits per heavy atom. The number of carbonyl (C=O) groups excluding carboxylic acids is 1. The number of amides is 1. The number of carbonyl (C=O) groups is 1. The molecule has 0 aliphatic rings. The van der Waals surface area contributed by atoms with E-state index in [9.17, 15) is 13.2 Å². The van der Waals surface area contributed by atoms with Gasteiger partial charge in [-0.1, -0.05) is 36.4 Å². The normalized spacial score (nSPS) is 12.6. The lowest BCUT2D eigenvalue weighted by Crippen LogP contribution is -2.32. The number of likely N-dealkylation sites (N-methyl/N-ethyl adjacent to an activating group) is 1. The molecule has 0 saturated heterocycles. The first-order valence-electron chi connectivity index (χ1n) is 7.72. The minimum absolute atomic E-state index is 0.211. The van der Waals surface area contributed by atoms with Crippen LogP contribution in [0.5, 0.6) is 0 Å². The lowest BCUT2D eigenvalue weighted by Gasteiger charge is -2.13. The molecule has 6 nitrogen and oxygen atoms in total. The van der Waals surface area contributed by atoms with Crippen LogP contribution in [-0.2, 0) is 21.4 Å². The van der Waals surface area contributed by atoms with Crippen molar-refractivity contribution >= 4 is 38.6 Å². The lowest BCUT2D eigenvalue weighted by molar-refractivity contribution is -0.118. The van der Waals surface area contributed by atoms with Gasteiger partial charge >= 0.3 is 0 Å². The van der Waals surface area contributed by atoms with Gasteiger partial charge in [0.1, 0.15) is 4.21 Å². The molecule has 2 heterocycles. The van der Waals surface area contributed by atoms with E-state index < -0.39 is 15.9 Å². The summed E-state index contributed by atoms with van der Waals surface area (Å²) in [5.41, 5.74) is 1.09. The number of nitrogens with zero attached hydrogens (tertiary/aromatic N) is 3. The van der Waals surface area contributed by atoms with Gasteiger partial charge in [0.15, 0.2) is 4.80 Å². The third-order valence-corrected chi connectivity index (χ3v) is 7.56. The van der Waals surface area contributed by atoms with Crippen LogP contribution >= 0.6 is 22.7 Å². The van der Waals surface area contributed by atoms with Crippen molar-refractivity contribution in [1.29, 1.82) is 0 Å². The molecule has 0 radical (unpaired) electrons. The summed E-state index contributed by atoms with van der Waals surface area (Å²) >= 11 is 2.46. The second-order valence-corrected chi connectivity index (χ2v) is 9.59. The SMILES string of the molecule is CN(CC(=O)N=c1sccn1Cc1ccccc1)S(=O)(=O)c1cccs1. The lowest BCUT2D eigenvalue weighted by atomic mass is 10.2. The Bertz CT molecular complexity index is 1040. The highest BCUT2D eigenvalue weighted by molar-refractivity contribution is 7.91. The van der Waals surface area contributed by atoms with Crippen molar-refractivity contribution in [3.63, 3.8) is 0 Å². The Labute approximate surface area is 159 Å². The highest BCUT2D eigenvalue weighted by atomic mass is 32.2. The number of benzene rings is 1. The maximum Gasteiger partial charge on any atom is 0.263 e. The second-order valence-electron chi connectivity index (χ2n) is 5.50. The summed E-state index contributed by atoms with van der Waals surface area (Å²) in [6, 6.07) is 13.0. The predicted octanol–water partition coefficient (Wildman–Crippen LogP) is 2.41. The summed E-state index contributed by atoms with van der Waals surface area (Å²) < 4.78 is 27.9. The quantitative estimate of drug-likeness (QED) is 0.630. The molecule has 26 heavy (non-hydrogen) atoms. The highest BCUT2D eigenvalue weighted by Gasteiger charge is 2.23. The van der Waals surface area contributed by atoms with Gasteiger partial charge in [-0.3, -0.25) is 4.79 Å². The molecular weight excluding hydrogens is 390 g/mol. The molecule has 0 N–H and O–H groups in total. The smallest absolute Gasteiger partial charge is 0.263 e. The first kappa shape index (κ1) is 18.7. The summed E-state index contributed by atoms with van der Waals surface area (Å²) in [4.78, 5) is 16.9. The van der Waals surface area contributed by atoms with Crippen LogP contribution in [0.15, 0.2) is 68.6 Å². The molecule has 0 fully saturated rings. The molecule has 9 heteroatoms. The Hall–Kier alpha value is -2.07. The summed E-state index contributed by atoms with van der Waals surface area (Å²) in [5.74, 6) is -0.503. The third-order valence-electron chi connectivity index (χ3n) is 3.59. The summed E-state index contributed by atoms with van der Waals surface area (Å²) in [6.45, 7) is 0.295. The first-order valence-corrected chi connectivity index (χ1v) is 10.9. The molecule has 3 rings (SSSR count). The van der Waals surface area contributed by atoms with Gasteiger partial charge in [-0.25, -0.2) is 8.42 Å². The zero-order valence-corrected chi connectivity index (χ0v) is 16.4. The van der Waals surface area contributed by atoms with Crippen LogP contribution in [0.25, 0.3) is 0 Å². The summed E-state index contributed by atoms with van der Waals surface area (Å²) in [5, 5.41) is 3.53. The van der Waals surface area contributed by atoms with Gasteiger partial charge in [0, 0.05) is 25.2 Å². The molecule has 0 atom stereocenters. The van der Waals surface area contributed by atoms with E-state index in [1.54, 1.807) is 11.4 Å². The minimum atomic E-state index is -3.66. The van der Waals surface area contributed by atoms with Crippen molar-refractivity contribution in [3.05, 3.63) is 69.8 Å². The highest BCUT2D eigenvalue weighted by Crippen LogP contribution is 2.19. The molecule has 0 aliphatic heterocycles. The molecule has 0 unspecified atom stereocenters. The molecule has 1 amide bonds. The van der Waals surface area contributed by atoms with Crippen LogP contribution in [0.2, 0.25) is 0 Å². The van der Waals surface area contributed by atoms with Crippen molar-refractivity contribution in [3.8, 4) is 0 Å². The molecule has 0 aliphatic carbocycles. The number of rotatable bonds is 6. The van der Waals surface area contributed by atoms with Gasteiger partial charge in [0.2, 0.25) is 0 Å². The number of sulfonamides is 1. The van der Waals surface area contributed by atoms with Crippen molar-refractivity contribution in [2.45, 2.75) is 10.8 Å². The van der Waals surface area contributed by atoms with Crippen molar-refractivity contribution in [1.82, 2.24) is 8.87 Å². The molecule has 0 spiro atoms. The van der Waals surface area contributed by atoms with Gasteiger partial charge in [-0.05, 0) is 17.0 Å². The Balaban J connectivity index is 1.75. The van der Waals surface area contributed by atoms with E-state index in [0.29, 0.717) is 11.3 Å². The van der Waals surface area contributed by atoms with E-state index in [1.807, 2.05) is 46.5 Å². The van der Waals surface area contributed by atoms with Crippen LogP contribution in [0.3, 0.4) is 0 Å². The van der Waals surface area contributed by atoms with Gasteiger partial charge in [-0.15, -0.1) is 22.7 Å². The fraction of sp³-hybridized carbons (Fsp3) is 0.176. The summed E-state index contributed by atoms with van der Waals surface area (Å²) in [6.07, 6.45) is 1.86. The van der Waals surface area contributed by atoms with E-state index in [-0.39, 0.29) is 10.8 Å². The molecule has 3 aromatic rings. The van der Waals surface area contributed by atoms with Crippen LogP contribution in [-0.4, -0.2) is 36.8 Å². The fourth-order valence-electron chi connectivity index (χ4n) is 2.27. The second kappa shape index (κ2) is 8.09. The van der Waals surface area contributed by atoms with E-state index in [4.69, 9.17) is 0 Å². The van der Waals surface area contributed by atoms with Crippen LogP contribution < -0.4 is 4.80 Å². The number of thiophene rings is 1. The predicted molar refractivity (Wildman–Crippen MR) is 103 cm³/mol. The summed E-state index contributed by atoms with van der Waals surface area (Å²) in [7, 11) is -2.28. The van der Waals surface area contributed by atoms with Crippen molar-refractivity contribution in [2.24, 2.45) is 4.99 Å². The Morgan fingerprint density at radius 3 is 2.58 bits per heavy atom. The van der Waals surface area contributed by atoms with Crippen molar-refractivity contribution < 1.29 is 13.2 Å². The molecule has 1 aromatic carbocycles. The number of hydrogen-bond donors (Lipinski definition) is 0. The van der Waals surface area contributed by atoms with Gasteiger partial charge in [0.25, 0.3) is 15.9 Å². The van der Waals surface area contributed by atoms with E-state index in [2.05, 4.69) is 4.99 Å². The zero-order chi connectivity index (χ0) is 18.6. The average molecular weight is 408 g/mol. The third kappa shape index (κ3) is 4.36. The standard InChI is InChI=1S/C17H17N3O3S3/c1-19(26(22,23)16-8-5-10-24-16)13-15(21)18-17-20(9-11-25-17)12-14-6-3-2-4-7-14/h2-11H,12-13H2,1H3. The van der Waals surface area contributed by atoms with Gasteiger partial charge < -0.3 is 4.57 Å². The number of aromatic nitrogens is 1. The fourth-order valence-corrected chi connectivity index (χ4v) is 5.33. The van der Waals surface area contributed by atoms with Crippen LogP contribution in [0, 0.1) is 0 Å². The molecule has 2 aromatic heterocycles. The maximum atomic E-state index is 12.4. The minimum Gasteiger partial charge on any atom is -0.319 e. The Morgan fingerprint density at radius 2 is 1.88 bits per heavy atom. The Kier molecular flexibility index (Phi) is 5.82. The monoisotopic (exact) mass is 407 g/mol. The van der Waals surface area contributed by atoms with E-state index in [1.165, 1.54) is 24.5 Å². The van der Waals surface area contributed by atoms with Gasteiger partial charge in [-0.2, -0.15) is 9.30 Å². The van der Waals surface area contributed by atoms with E-state index >= 15 is 0 Å². The molecule has 0 saturated carbocycles. The maximum absolute atomic E-state index is 12.4. The molecule has 136 valence electrons. The molecule has 0 bridgehead atoms. The first-order chi connectivity index (χ1) is 12.5. The van der Waals surface area contributed by atoms with Crippen LogP contribution in [0.1, 0.15) is 5.56 Å². The number of thiazole rings is 1. The number of hydrogen-bond acceptors (Lipinski definition) is 5. The van der Waals surface area contributed by atoms with Crippen LogP contribution in [0.4, 0.5) is 0 Å². The molecular formula is C17H17N3O3S3. The average Bonchev–Trinajstić information content (AvgIpc) is 3.28.